The summed E-state index contributed by atoms with van der Waals surface area (Å²) in [7, 11) is 1.37. The monoisotopic (exact) mass is 780 g/mol. The fraction of sp³-hybridized carbons (Fsp3) is 0.351. The Hall–Kier alpha value is -6.79. The lowest BCUT2D eigenvalue weighted by molar-refractivity contribution is -0.141. The van der Waals surface area contributed by atoms with Gasteiger partial charge in [0, 0.05) is 42.2 Å². The molecule has 0 saturated heterocycles. The van der Waals surface area contributed by atoms with E-state index >= 15 is 4.39 Å². The number of ether oxygens (including phenoxy) is 7. The molecule has 3 rings (SSSR count). The minimum Gasteiger partial charge on any atom is -0.497 e. The smallest absolute Gasteiger partial charge is 0.497 e. The average molecular weight is 781 g/mol. The molecule has 3 aromatic rings. The Morgan fingerprint density at radius 3 is 2.27 bits per heavy atom. The highest BCUT2D eigenvalue weighted by molar-refractivity contribution is 6.03. The number of hydrogen-bond acceptors (Lipinski definition) is 14. The predicted molar refractivity (Wildman–Crippen MR) is 203 cm³/mol. The standard InChI is InChI=1S/C37H45FN8O10/c1-7-26(8-2)56-37(49)55-21-54-35(46-34-41-14-9-15-42-34)44-33(40)31(28-18-27(50-6)19-29(30(28)38)52-17-16-51-23(5)47)43-25-12-10-24(11-13-25)32(39)45-36(48)53-20-22(3)4/h9-15,18-19,26,31,43H,3,7-8,16-17,20-21H2,1-2,4-6H3,(H2,39,45,48)(H2,40,41,42,44,46). The number of nitrogens with one attached hydrogen (secondary N) is 1. The van der Waals surface area contributed by atoms with Gasteiger partial charge in [0.05, 0.1) is 7.11 Å². The van der Waals surface area contributed by atoms with Crippen molar-refractivity contribution in [3.05, 3.63) is 84.0 Å². The Labute approximate surface area is 322 Å². The second-order valence-electron chi connectivity index (χ2n) is 11.6. The first-order valence-corrected chi connectivity index (χ1v) is 17.1. The summed E-state index contributed by atoms with van der Waals surface area (Å²) in [4.78, 5) is 55.9. The molecule has 1 aromatic heterocycles. The van der Waals surface area contributed by atoms with Crippen LogP contribution in [0.3, 0.4) is 0 Å². The fourth-order valence-corrected chi connectivity index (χ4v) is 4.41. The molecule has 0 spiro atoms. The van der Waals surface area contributed by atoms with Gasteiger partial charge in [-0.25, -0.2) is 23.9 Å². The number of carbonyl (C=O) groups is 3. The normalized spacial score (nSPS) is 12.3. The SMILES string of the molecule is C=C(C)COC(=O)N=C(N)c1ccc(NC(C(N)=NC(=Nc2ncccn2)OCOC(=O)OC(CC)CC)c2cc(OC)cc(OCCOC(C)=O)c2F)cc1. The second kappa shape index (κ2) is 22.4. The molecular formula is C37H45FN8O10. The molecule has 1 amide bonds. The third-order valence-electron chi connectivity index (χ3n) is 7.19. The van der Waals surface area contributed by atoms with Crippen LogP contribution in [0, 0.1) is 5.82 Å². The van der Waals surface area contributed by atoms with Gasteiger partial charge in [-0.15, -0.1) is 0 Å². The van der Waals surface area contributed by atoms with Gasteiger partial charge in [0.15, 0.2) is 11.6 Å². The number of nitrogens with zero attached hydrogens (tertiary/aromatic N) is 5. The van der Waals surface area contributed by atoms with Gasteiger partial charge in [0.2, 0.25) is 6.79 Å². The number of carbonyl (C=O) groups excluding carboxylic acids is 3. The van der Waals surface area contributed by atoms with E-state index in [1.165, 1.54) is 38.6 Å². The van der Waals surface area contributed by atoms with E-state index < -0.39 is 42.9 Å². The zero-order chi connectivity index (χ0) is 41.0. The number of amidine groups is 3. The first kappa shape index (κ1) is 43.6. The highest BCUT2D eigenvalue weighted by Gasteiger charge is 2.26. The van der Waals surface area contributed by atoms with Crippen molar-refractivity contribution in [3.63, 3.8) is 0 Å². The Morgan fingerprint density at radius 2 is 1.64 bits per heavy atom. The van der Waals surface area contributed by atoms with E-state index in [-0.39, 0.29) is 60.6 Å². The Kier molecular flexibility index (Phi) is 17.5. The summed E-state index contributed by atoms with van der Waals surface area (Å²) >= 11 is 0. The van der Waals surface area contributed by atoms with E-state index in [2.05, 4.69) is 36.8 Å². The zero-order valence-corrected chi connectivity index (χ0v) is 31.7. The Balaban J connectivity index is 2.05. The maximum absolute atomic E-state index is 16.4. The molecule has 2 aromatic carbocycles. The Bertz CT molecular complexity index is 1890. The molecule has 1 atom stereocenters. The summed E-state index contributed by atoms with van der Waals surface area (Å²) in [5.41, 5.74) is 13.9. The van der Waals surface area contributed by atoms with Gasteiger partial charge < -0.3 is 49.9 Å². The fourth-order valence-electron chi connectivity index (χ4n) is 4.41. The molecule has 0 saturated carbocycles. The van der Waals surface area contributed by atoms with Crippen LogP contribution in [0.15, 0.2) is 82.0 Å². The van der Waals surface area contributed by atoms with Gasteiger partial charge in [-0.3, -0.25) is 4.79 Å². The number of halogens is 1. The number of methoxy groups -OCH3 is 1. The summed E-state index contributed by atoms with van der Waals surface area (Å²) in [6.45, 7) is 9.25. The summed E-state index contributed by atoms with van der Waals surface area (Å²) < 4.78 is 53.1. The Morgan fingerprint density at radius 1 is 0.946 bits per heavy atom. The van der Waals surface area contributed by atoms with Gasteiger partial charge in [0.1, 0.15) is 49.4 Å². The van der Waals surface area contributed by atoms with Gasteiger partial charge in [-0.2, -0.15) is 15.0 Å². The number of anilines is 1. The lowest BCUT2D eigenvalue weighted by Crippen LogP contribution is -2.31. The summed E-state index contributed by atoms with van der Waals surface area (Å²) in [5, 5.41) is 3.11. The number of aromatic nitrogens is 2. The van der Waals surface area contributed by atoms with Crippen LogP contribution in [0.4, 0.5) is 25.6 Å². The van der Waals surface area contributed by atoms with Crippen LogP contribution in [0.5, 0.6) is 11.5 Å². The summed E-state index contributed by atoms with van der Waals surface area (Å²) in [5.74, 6) is -2.01. The average Bonchev–Trinajstić information content (AvgIpc) is 3.17. The molecule has 5 N–H and O–H groups in total. The van der Waals surface area contributed by atoms with E-state index in [4.69, 9.17) is 44.6 Å². The van der Waals surface area contributed by atoms with E-state index in [0.29, 0.717) is 29.7 Å². The molecule has 56 heavy (non-hydrogen) atoms. The number of hydrogen-bond donors (Lipinski definition) is 3. The van der Waals surface area contributed by atoms with E-state index in [9.17, 15) is 14.4 Å². The first-order chi connectivity index (χ1) is 26.8. The quantitative estimate of drug-likeness (QED) is 0.0275. The van der Waals surface area contributed by atoms with E-state index in [0.717, 1.165) is 0 Å². The molecule has 19 heteroatoms. The summed E-state index contributed by atoms with van der Waals surface area (Å²) in [6.07, 6.45) is 1.76. The molecule has 18 nitrogen and oxygen atoms in total. The highest BCUT2D eigenvalue weighted by atomic mass is 19.1. The maximum atomic E-state index is 16.4. The number of aliphatic imine (C=N–C) groups is 3. The number of esters is 1. The van der Waals surface area contributed by atoms with Crippen LogP contribution in [0.2, 0.25) is 0 Å². The van der Waals surface area contributed by atoms with Crippen molar-refractivity contribution in [3.8, 4) is 11.5 Å². The largest absolute Gasteiger partial charge is 0.511 e. The maximum Gasteiger partial charge on any atom is 0.511 e. The van der Waals surface area contributed by atoms with E-state index in [1.54, 1.807) is 37.3 Å². The van der Waals surface area contributed by atoms with E-state index in [1.807, 2.05) is 13.8 Å². The molecule has 0 fully saturated rings. The second-order valence-corrected chi connectivity index (χ2v) is 11.6. The van der Waals surface area contributed by atoms with Gasteiger partial charge in [-0.05, 0) is 61.7 Å². The third-order valence-corrected chi connectivity index (χ3v) is 7.19. The van der Waals surface area contributed by atoms with Crippen molar-refractivity contribution in [1.29, 1.82) is 0 Å². The van der Waals surface area contributed by atoms with Crippen molar-refractivity contribution in [1.82, 2.24) is 9.97 Å². The molecule has 0 aliphatic heterocycles. The van der Waals surface area contributed by atoms with Crippen LogP contribution in [0.25, 0.3) is 0 Å². The van der Waals surface area contributed by atoms with Crippen molar-refractivity contribution in [2.45, 2.75) is 52.7 Å². The minimum absolute atomic E-state index is 0.0175. The van der Waals surface area contributed by atoms with Crippen molar-refractivity contribution >= 4 is 47.5 Å². The summed E-state index contributed by atoms with van der Waals surface area (Å²) in [6, 6.07) is 8.67. The first-order valence-electron chi connectivity index (χ1n) is 17.1. The molecule has 300 valence electrons. The van der Waals surface area contributed by atoms with Crippen LogP contribution in [0.1, 0.15) is 57.7 Å². The molecule has 0 aliphatic rings. The van der Waals surface area contributed by atoms with Crippen LogP contribution in [-0.4, -0.2) is 85.7 Å². The number of amides is 1. The lowest BCUT2D eigenvalue weighted by Gasteiger charge is -2.23. The molecular weight excluding hydrogens is 735 g/mol. The van der Waals surface area contributed by atoms with Crippen molar-refractivity contribution in [2.75, 3.05) is 39.0 Å². The molecule has 1 heterocycles. The van der Waals surface area contributed by atoms with Crippen molar-refractivity contribution < 1.29 is 51.9 Å². The zero-order valence-electron chi connectivity index (χ0n) is 31.7. The topological polar surface area (TPSA) is 243 Å². The van der Waals surface area contributed by atoms with Crippen LogP contribution >= 0.6 is 0 Å². The van der Waals surface area contributed by atoms with Gasteiger partial charge in [0.25, 0.3) is 5.95 Å². The third kappa shape index (κ3) is 14.6. The minimum atomic E-state index is -1.30. The number of benzene rings is 2. The highest BCUT2D eigenvalue weighted by Crippen LogP contribution is 2.33. The van der Waals surface area contributed by atoms with Crippen molar-refractivity contribution in [2.24, 2.45) is 26.4 Å². The van der Waals surface area contributed by atoms with Crippen LogP contribution in [-0.2, 0) is 28.5 Å². The molecule has 0 aliphatic carbocycles. The molecule has 1 unspecified atom stereocenters. The lowest BCUT2D eigenvalue weighted by atomic mass is 10.0. The predicted octanol–water partition coefficient (Wildman–Crippen LogP) is 5.50. The molecule has 0 radical (unpaired) electrons. The van der Waals surface area contributed by atoms with Gasteiger partial charge >= 0.3 is 24.2 Å². The van der Waals surface area contributed by atoms with Crippen LogP contribution < -0.4 is 26.3 Å². The molecule has 0 bridgehead atoms. The van der Waals surface area contributed by atoms with Gasteiger partial charge in [-0.1, -0.05) is 20.4 Å². The number of rotatable bonds is 18. The number of nitrogens with two attached hydrogens (primary N) is 2.